The second kappa shape index (κ2) is 3.84. The van der Waals surface area contributed by atoms with Gasteiger partial charge in [-0.3, -0.25) is 0 Å². The minimum Gasteiger partial charge on any atom is -0.192 e. The number of halogens is 3. The van der Waals surface area contributed by atoms with E-state index < -0.39 is 12.3 Å². The Morgan fingerprint density at radius 2 is 1.85 bits per heavy atom. The van der Waals surface area contributed by atoms with Crippen LogP contribution in [0, 0.1) is 11.3 Å². The van der Waals surface area contributed by atoms with Crippen LogP contribution < -0.4 is 0 Å². The van der Waals surface area contributed by atoms with Crippen molar-refractivity contribution in [3.05, 3.63) is 34.3 Å². The SMILES string of the molecule is N#CC(F)(F)Cc1ccc(Br)cc1. The molecule has 0 N–H and O–H groups in total. The molecule has 0 fully saturated rings. The second-order valence-corrected chi connectivity index (χ2v) is 3.54. The monoisotopic (exact) mass is 245 g/mol. The summed E-state index contributed by atoms with van der Waals surface area (Å²) in [5, 5.41) is 8.10. The van der Waals surface area contributed by atoms with Crippen molar-refractivity contribution in [3.8, 4) is 6.07 Å². The van der Waals surface area contributed by atoms with Crippen LogP contribution in [0.3, 0.4) is 0 Å². The first-order valence-corrected chi connectivity index (χ1v) is 4.36. The molecule has 0 unspecified atom stereocenters. The Hall–Kier alpha value is -0.950. The van der Waals surface area contributed by atoms with E-state index in [4.69, 9.17) is 5.26 Å². The molecule has 0 saturated heterocycles. The lowest BCUT2D eigenvalue weighted by Gasteiger charge is -2.06. The van der Waals surface area contributed by atoms with Gasteiger partial charge in [0.1, 0.15) is 6.07 Å². The van der Waals surface area contributed by atoms with Gasteiger partial charge >= 0.3 is 5.92 Å². The molecule has 0 radical (unpaired) electrons. The number of nitrogens with zero attached hydrogens (tertiary/aromatic N) is 1. The topological polar surface area (TPSA) is 23.8 Å². The molecule has 1 rings (SSSR count). The van der Waals surface area contributed by atoms with E-state index in [1.807, 2.05) is 0 Å². The maximum Gasteiger partial charge on any atom is 0.335 e. The third kappa shape index (κ3) is 3.11. The highest BCUT2D eigenvalue weighted by atomic mass is 79.9. The standard InChI is InChI=1S/C9H6BrF2N/c10-8-3-1-7(2-4-8)5-9(11,12)6-13/h1-4H,5H2. The number of alkyl halides is 2. The normalized spacial score (nSPS) is 10.9. The largest absolute Gasteiger partial charge is 0.335 e. The highest BCUT2D eigenvalue weighted by molar-refractivity contribution is 9.10. The van der Waals surface area contributed by atoms with Crippen molar-refractivity contribution in [2.24, 2.45) is 0 Å². The zero-order valence-electron chi connectivity index (χ0n) is 6.60. The van der Waals surface area contributed by atoms with Crippen LogP contribution in [-0.2, 0) is 6.42 Å². The first-order valence-electron chi connectivity index (χ1n) is 3.57. The molecule has 0 aliphatic carbocycles. The van der Waals surface area contributed by atoms with Gasteiger partial charge in [-0.05, 0) is 17.7 Å². The van der Waals surface area contributed by atoms with E-state index in [-0.39, 0.29) is 0 Å². The Balaban J connectivity index is 2.77. The lowest BCUT2D eigenvalue weighted by Crippen LogP contribution is -2.16. The van der Waals surface area contributed by atoms with E-state index in [1.165, 1.54) is 0 Å². The van der Waals surface area contributed by atoms with Crippen LogP contribution in [0.5, 0.6) is 0 Å². The van der Waals surface area contributed by atoms with E-state index in [1.54, 1.807) is 24.3 Å². The van der Waals surface area contributed by atoms with Crippen LogP contribution >= 0.6 is 15.9 Å². The van der Waals surface area contributed by atoms with Crippen molar-refractivity contribution < 1.29 is 8.78 Å². The summed E-state index contributed by atoms with van der Waals surface area (Å²) in [6.45, 7) is 0. The second-order valence-electron chi connectivity index (χ2n) is 2.62. The quantitative estimate of drug-likeness (QED) is 0.786. The fraction of sp³-hybridized carbons (Fsp3) is 0.222. The van der Waals surface area contributed by atoms with Crippen molar-refractivity contribution in [1.29, 1.82) is 5.26 Å². The summed E-state index contributed by atoms with van der Waals surface area (Å²) in [6.07, 6.45) is -0.531. The van der Waals surface area contributed by atoms with Gasteiger partial charge in [-0.15, -0.1) is 0 Å². The summed E-state index contributed by atoms with van der Waals surface area (Å²) in [4.78, 5) is 0. The fourth-order valence-corrected chi connectivity index (χ4v) is 1.16. The molecular weight excluding hydrogens is 240 g/mol. The number of hydrogen-bond donors (Lipinski definition) is 0. The Labute approximate surface area is 83.1 Å². The maximum absolute atomic E-state index is 12.6. The molecular formula is C9H6BrF2N. The van der Waals surface area contributed by atoms with Gasteiger partial charge in [0.25, 0.3) is 0 Å². The van der Waals surface area contributed by atoms with Gasteiger partial charge in [0.15, 0.2) is 0 Å². The lowest BCUT2D eigenvalue weighted by molar-refractivity contribution is 0.0646. The highest BCUT2D eigenvalue weighted by Gasteiger charge is 2.28. The molecule has 0 spiro atoms. The molecule has 0 aliphatic rings. The fourth-order valence-electron chi connectivity index (χ4n) is 0.898. The zero-order valence-corrected chi connectivity index (χ0v) is 8.18. The predicted molar refractivity (Wildman–Crippen MR) is 48.4 cm³/mol. The van der Waals surface area contributed by atoms with Gasteiger partial charge in [-0.25, -0.2) is 0 Å². The molecule has 68 valence electrons. The number of nitriles is 1. The van der Waals surface area contributed by atoms with Gasteiger partial charge in [0.2, 0.25) is 0 Å². The van der Waals surface area contributed by atoms with Crippen LogP contribution in [0.25, 0.3) is 0 Å². The smallest absolute Gasteiger partial charge is 0.192 e. The summed E-state index contributed by atoms with van der Waals surface area (Å²) in [5.74, 6) is -3.27. The van der Waals surface area contributed by atoms with Crippen LogP contribution in [0.1, 0.15) is 5.56 Å². The Morgan fingerprint density at radius 1 is 1.31 bits per heavy atom. The molecule has 13 heavy (non-hydrogen) atoms. The molecule has 0 amide bonds. The Kier molecular flexibility index (Phi) is 2.99. The third-order valence-electron chi connectivity index (χ3n) is 1.50. The van der Waals surface area contributed by atoms with E-state index in [0.717, 1.165) is 10.5 Å². The Morgan fingerprint density at radius 3 is 2.31 bits per heavy atom. The maximum atomic E-state index is 12.6. The van der Waals surface area contributed by atoms with Crippen molar-refractivity contribution >= 4 is 15.9 Å². The number of hydrogen-bond acceptors (Lipinski definition) is 1. The van der Waals surface area contributed by atoms with Crippen LogP contribution in [0.15, 0.2) is 28.7 Å². The molecule has 0 bridgehead atoms. The van der Waals surface area contributed by atoms with Crippen LogP contribution in [0.2, 0.25) is 0 Å². The average Bonchev–Trinajstić information content (AvgIpc) is 2.09. The third-order valence-corrected chi connectivity index (χ3v) is 2.03. The summed E-state index contributed by atoms with van der Waals surface area (Å²) in [6, 6.07) is 7.43. The van der Waals surface area contributed by atoms with Crippen LogP contribution in [-0.4, -0.2) is 5.92 Å². The highest BCUT2D eigenvalue weighted by Crippen LogP contribution is 2.20. The molecule has 0 aromatic heterocycles. The van der Waals surface area contributed by atoms with Gasteiger partial charge in [-0.1, -0.05) is 28.1 Å². The summed E-state index contributed by atoms with van der Waals surface area (Å²) in [7, 11) is 0. The minimum atomic E-state index is -3.27. The molecule has 1 aromatic carbocycles. The van der Waals surface area contributed by atoms with Crippen molar-refractivity contribution in [3.63, 3.8) is 0 Å². The molecule has 0 heterocycles. The first-order chi connectivity index (χ1) is 6.03. The van der Waals surface area contributed by atoms with E-state index in [2.05, 4.69) is 15.9 Å². The lowest BCUT2D eigenvalue weighted by atomic mass is 10.1. The van der Waals surface area contributed by atoms with Gasteiger partial charge < -0.3 is 0 Å². The molecule has 0 atom stereocenters. The van der Waals surface area contributed by atoms with Gasteiger partial charge in [0.05, 0.1) is 6.42 Å². The minimum absolute atomic E-state index is 0.453. The summed E-state index contributed by atoms with van der Waals surface area (Å²) < 4.78 is 26.0. The molecule has 0 saturated carbocycles. The van der Waals surface area contributed by atoms with E-state index in [0.29, 0.717) is 5.56 Å². The van der Waals surface area contributed by atoms with Crippen LogP contribution in [0.4, 0.5) is 8.78 Å². The Bertz CT molecular complexity index is 326. The first kappa shape index (κ1) is 10.1. The van der Waals surface area contributed by atoms with E-state index in [9.17, 15) is 8.78 Å². The molecule has 0 aliphatic heterocycles. The molecule has 1 nitrogen and oxygen atoms in total. The summed E-state index contributed by atoms with van der Waals surface area (Å²) in [5.41, 5.74) is 0.453. The molecule has 1 aromatic rings. The number of benzene rings is 1. The molecule has 4 heteroatoms. The van der Waals surface area contributed by atoms with Crippen molar-refractivity contribution in [2.75, 3.05) is 0 Å². The van der Waals surface area contributed by atoms with E-state index >= 15 is 0 Å². The van der Waals surface area contributed by atoms with Gasteiger partial charge in [-0.2, -0.15) is 14.0 Å². The van der Waals surface area contributed by atoms with Crippen molar-refractivity contribution in [1.82, 2.24) is 0 Å². The zero-order chi connectivity index (χ0) is 9.90. The predicted octanol–water partition coefficient (Wildman–Crippen LogP) is 3.15. The number of rotatable bonds is 2. The average molecular weight is 246 g/mol. The van der Waals surface area contributed by atoms with Crippen molar-refractivity contribution in [2.45, 2.75) is 12.3 Å². The van der Waals surface area contributed by atoms with Gasteiger partial charge in [0, 0.05) is 4.47 Å². The summed E-state index contributed by atoms with van der Waals surface area (Å²) >= 11 is 3.19.